The zero-order valence-electron chi connectivity index (χ0n) is 7.40. The van der Waals surface area contributed by atoms with E-state index in [1.54, 1.807) is 0 Å². The highest BCUT2D eigenvalue weighted by Crippen LogP contribution is 2.32. The van der Waals surface area contributed by atoms with Crippen LogP contribution in [0.5, 0.6) is 0 Å². The predicted octanol–water partition coefficient (Wildman–Crippen LogP) is 2.61. The van der Waals surface area contributed by atoms with Gasteiger partial charge in [-0.25, -0.2) is 0 Å². The van der Waals surface area contributed by atoms with E-state index in [9.17, 15) is 0 Å². The van der Waals surface area contributed by atoms with Crippen LogP contribution in [0.4, 0.5) is 0 Å². The number of hydrogen-bond acceptors (Lipinski definition) is 5. The van der Waals surface area contributed by atoms with Crippen LogP contribution >= 0.6 is 34.5 Å². The molecular formula is C8H8ClN3S2. The van der Waals surface area contributed by atoms with Crippen LogP contribution in [0.2, 0.25) is 4.34 Å². The summed E-state index contributed by atoms with van der Waals surface area (Å²) in [5.41, 5.74) is 7.89. The molecule has 0 saturated heterocycles. The van der Waals surface area contributed by atoms with Crippen molar-refractivity contribution in [2.45, 2.75) is 13.0 Å². The van der Waals surface area contributed by atoms with E-state index in [0.29, 0.717) is 0 Å². The SMILES string of the molecule is Cc1nnsc1C(N)c1ccsc1Cl. The Hall–Kier alpha value is -0.490. The molecule has 2 N–H and O–H groups in total. The predicted molar refractivity (Wildman–Crippen MR) is 60.0 cm³/mol. The van der Waals surface area contributed by atoms with Gasteiger partial charge in [0.05, 0.1) is 20.9 Å². The fraction of sp³-hybridized carbons (Fsp3) is 0.250. The van der Waals surface area contributed by atoms with Crippen LogP contribution in [0.25, 0.3) is 0 Å². The Morgan fingerprint density at radius 2 is 2.36 bits per heavy atom. The number of nitrogens with zero attached hydrogens (tertiary/aromatic N) is 2. The normalized spacial score (nSPS) is 13.1. The highest BCUT2D eigenvalue weighted by atomic mass is 35.5. The molecule has 0 saturated carbocycles. The smallest absolute Gasteiger partial charge is 0.0979 e. The molecule has 0 aliphatic carbocycles. The van der Waals surface area contributed by atoms with Gasteiger partial charge < -0.3 is 5.73 Å². The van der Waals surface area contributed by atoms with Gasteiger partial charge in [0.15, 0.2) is 0 Å². The number of nitrogens with two attached hydrogens (primary N) is 1. The van der Waals surface area contributed by atoms with Crippen molar-refractivity contribution in [3.05, 3.63) is 31.9 Å². The van der Waals surface area contributed by atoms with Gasteiger partial charge in [-0.2, -0.15) is 0 Å². The maximum absolute atomic E-state index is 6.06. The Balaban J connectivity index is 2.38. The summed E-state index contributed by atoms with van der Waals surface area (Å²) in [7, 11) is 0. The number of rotatable bonds is 2. The molecule has 74 valence electrons. The van der Waals surface area contributed by atoms with Crippen LogP contribution in [0.1, 0.15) is 22.2 Å². The Morgan fingerprint density at radius 3 is 2.86 bits per heavy atom. The standard InChI is InChI=1S/C8H8ClN3S2/c1-4-7(14-12-11-4)6(10)5-2-3-13-8(5)9/h2-3,6H,10H2,1H3. The van der Waals surface area contributed by atoms with E-state index < -0.39 is 0 Å². The summed E-state index contributed by atoms with van der Waals surface area (Å²) in [6.45, 7) is 1.90. The molecule has 0 amide bonds. The van der Waals surface area contributed by atoms with Crippen molar-refractivity contribution in [3.8, 4) is 0 Å². The van der Waals surface area contributed by atoms with Gasteiger partial charge in [-0.15, -0.1) is 16.4 Å². The molecule has 0 aromatic carbocycles. The van der Waals surface area contributed by atoms with Gasteiger partial charge >= 0.3 is 0 Å². The molecule has 14 heavy (non-hydrogen) atoms. The van der Waals surface area contributed by atoms with Crippen molar-refractivity contribution in [2.24, 2.45) is 5.73 Å². The lowest BCUT2D eigenvalue weighted by molar-refractivity contribution is 0.879. The van der Waals surface area contributed by atoms with E-state index in [1.807, 2.05) is 18.4 Å². The highest BCUT2D eigenvalue weighted by molar-refractivity contribution is 7.14. The van der Waals surface area contributed by atoms with E-state index in [1.165, 1.54) is 22.9 Å². The minimum absolute atomic E-state index is 0.200. The minimum atomic E-state index is -0.200. The number of thiophene rings is 1. The van der Waals surface area contributed by atoms with Gasteiger partial charge in [0.2, 0.25) is 0 Å². The lowest BCUT2D eigenvalue weighted by atomic mass is 10.1. The number of aromatic nitrogens is 2. The van der Waals surface area contributed by atoms with Gasteiger partial charge in [-0.1, -0.05) is 16.1 Å². The Kier molecular flexibility index (Phi) is 2.83. The molecule has 0 fully saturated rings. The van der Waals surface area contributed by atoms with Crippen LogP contribution in [-0.4, -0.2) is 9.59 Å². The molecule has 3 nitrogen and oxygen atoms in total. The molecule has 0 radical (unpaired) electrons. The molecule has 6 heteroatoms. The summed E-state index contributed by atoms with van der Waals surface area (Å²) < 4.78 is 4.60. The average molecular weight is 246 g/mol. The first-order valence-corrected chi connectivity index (χ1v) is 6.00. The maximum atomic E-state index is 6.06. The third-order valence-corrected chi connectivity index (χ3v) is 4.06. The molecule has 0 bridgehead atoms. The second-order valence-electron chi connectivity index (χ2n) is 2.85. The fourth-order valence-corrected chi connectivity index (χ4v) is 2.86. The van der Waals surface area contributed by atoms with Gasteiger partial charge in [0.25, 0.3) is 0 Å². The third-order valence-electron chi connectivity index (χ3n) is 1.95. The summed E-state index contributed by atoms with van der Waals surface area (Å²) in [6.07, 6.45) is 0. The topological polar surface area (TPSA) is 51.8 Å². The van der Waals surface area contributed by atoms with Crippen molar-refractivity contribution in [1.29, 1.82) is 0 Å². The summed E-state index contributed by atoms with van der Waals surface area (Å²) >= 11 is 8.82. The van der Waals surface area contributed by atoms with Crippen molar-refractivity contribution in [1.82, 2.24) is 9.59 Å². The van der Waals surface area contributed by atoms with E-state index in [-0.39, 0.29) is 6.04 Å². The molecular weight excluding hydrogens is 238 g/mol. The van der Waals surface area contributed by atoms with E-state index in [0.717, 1.165) is 20.5 Å². The lowest BCUT2D eigenvalue weighted by Gasteiger charge is -2.07. The molecule has 2 aromatic heterocycles. The zero-order valence-corrected chi connectivity index (χ0v) is 9.79. The Morgan fingerprint density at radius 1 is 1.57 bits per heavy atom. The van der Waals surface area contributed by atoms with Crippen molar-refractivity contribution < 1.29 is 0 Å². The van der Waals surface area contributed by atoms with Crippen molar-refractivity contribution in [3.63, 3.8) is 0 Å². The first-order chi connectivity index (χ1) is 6.70. The molecule has 2 rings (SSSR count). The minimum Gasteiger partial charge on any atom is -0.319 e. The largest absolute Gasteiger partial charge is 0.319 e. The quantitative estimate of drug-likeness (QED) is 0.885. The van der Waals surface area contributed by atoms with Gasteiger partial charge in [-0.05, 0) is 29.9 Å². The summed E-state index contributed by atoms with van der Waals surface area (Å²) in [6, 6.07) is 1.74. The summed E-state index contributed by atoms with van der Waals surface area (Å²) in [4.78, 5) is 0.977. The Bertz CT molecular complexity index is 397. The molecule has 1 atom stereocenters. The van der Waals surface area contributed by atoms with Gasteiger partial charge in [0, 0.05) is 5.56 Å². The first-order valence-electron chi connectivity index (χ1n) is 3.97. The van der Waals surface area contributed by atoms with Crippen molar-refractivity contribution in [2.75, 3.05) is 0 Å². The number of halogens is 1. The van der Waals surface area contributed by atoms with Crippen LogP contribution in [0.15, 0.2) is 11.4 Å². The first kappa shape index (κ1) is 10.0. The van der Waals surface area contributed by atoms with Crippen LogP contribution in [-0.2, 0) is 0 Å². The molecule has 0 aliphatic rings. The summed E-state index contributed by atoms with van der Waals surface area (Å²) in [5.74, 6) is 0. The average Bonchev–Trinajstić information content (AvgIpc) is 2.73. The van der Waals surface area contributed by atoms with Crippen molar-refractivity contribution >= 4 is 34.5 Å². The molecule has 0 spiro atoms. The van der Waals surface area contributed by atoms with E-state index >= 15 is 0 Å². The monoisotopic (exact) mass is 245 g/mol. The van der Waals surface area contributed by atoms with Crippen LogP contribution in [0, 0.1) is 6.92 Å². The lowest BCUT2D eigenvalue weighted by Crippen LogP contribution is -2.10. The zero-order chi connectivity index (χ0) is 10.1. The van der Waals surface area contributed by atoms with E-state index in [2.05, 4.69) is 9.59 Å². The summed E-state index contributed by atoms with van der Waals surface area (Å²) in [5, 5.41) is 5.86. The fourth-order valence-electron chi connectivity index (χ4n) is 1.19. The third kappa shape index (κ3) is 1.68. The highest BCUT2D eigenvalue weighted by Gasteiger charge is 2.17. The number of hydrogen-bond donors (Lipinski definition) is 1. The number of aryl methyl sites for hydroxylation is 1. The van der Waals surface area contributed by atoms with Crippen LogP contribution < -0.4 is 5.73 Å². The van der Waals surface area contributed by atoms with Crippen LogP contribution in [0.3, 0.4) is 0 Å². The molecule has 1 unspecified atom stereocenters. The van der Waals surface area contributed by atoms with E-state index in [4.69, 9.17) is 17.3 Å². The maximum Gasteiger partial charge on any atom is 0.0979 e. The van der Waals surface area contributed by atoms with Gasteiger partial charge in [0.1, 0.15) is 0 Å². The second-order valence-corrected chi connectivity index (χ2v) is 5.15. The Labute approximate surface area is 94.7 Å². The van der Waals surface area contributed by atoms with Gasteiger partial charge in [-0.3, -0.25) is 0 Å². The second kappa shape index (κ2) is 3.94. The molecule has 2 heterocycles. The molecule has 2 aromatic rings. The molecule has 0 aliphatic heterocycles.